The summed E-state index contributed by atoms with van der Waals surface area (Å²) < 4.78 is 1.24. The molecule has 0 atom stereocenters. The second kappa shape index (κ2) is 4.98. The van der Waals surface area contributed by atoms with Crippen LogP contribution in [0.3, 0.4) is 0 Å². The Morgan fingerprint density at radius 2 is 2.05 bits per heavy atom. The van der Waals surface area contributed by atoms with Gasteiger partial charge in [0.25, 0.3) is 0 Å². The van der Waals surface area contributed by atoms with Crippen molar-refractivity contribution in [2.24, 2.45) is 0 Å². The van der Waals surface area contributed by atoms with Crippen LogP contribution in [0.2, 0.25) is 0 Å². The molecule has 2 aromatic carbocycles. The molecular weight excluding hydrogens is 250 g/mol. The fourth-order valence-electron chi connectivity index (χ4n) is 2.24. The molecule has 0 radical (unpaired) electrons. The van der Waals surface area contributed by atoms with Crippen LogP contribution in [-0.2, 0) is 6.42 Å². The van der Waals surface area contributed by atoms with Crippen LogP contribution in [0.1, 0.15) is 18.1 Å². The second-order valence-corrected chi connectivity index (χ2v) is 5.49. The molecule has 0 amide bonds. The van der Waals surface area contributed by atoms with E-state index in [-0.39, 0.29) is 0 Å². The first kappa shape index (κ1) is 12.1. The molecule has 0 spiro atoms. The molecule has 0 saturated carbocycles. The summed E-state index contributed by atoms with van der Waals surface area (Å²) in [4.78, 5) is 4.71. The van der Waals surface area contributed by atoms with Gasteiger partial charge in [0, 0.05) is 5.56 Å². The Morgan fingerprint density at radius 3 is 2.79 bits per heavy atom. The largest absolute Gasteiger partial charge is 0.236 e. The van der Waals surface area contributed by atoms with Gasteiger partial charge in [-0.1, -0.05) is 43.8 Å². The summed E-state index contributed by atoms with van der Waals surface area (Å²) >= 11 is 1.75. The third kappa shape index (κ3) is 2.20. The van der Waals surface area contributed by atoms with Crippen molar-refractivity contribution in [2.45, 2.75) is 13.3 Å². The lowest BCUT2D eigenvalue weighted by Gasteiger charge is -2.05. The lowest BCUT2D eigenvalue weighted by Crippen LogP contribution is -1.87. The lowest BCUT2D eigenvalue weighted by atomic mass is 10.0. The average Bonchev–Trinajstić information content (AvgIpc) is 2.90. The van der Waals surface area contributed by atoms with E-state index in [2.05, 4.69) is 49.9 Å². The Hall–Kier alpha value is -1.93. The summed E-state index contributed by atoms with van der Waals surface area (Å²) in [6, 6.07) is 14.8. The van der Waals surface area contributed by atoms with Gasteiger partial charge in [-0.15, -0.1) is 11.3 Å². The number of benzene rings is 2. The summed E-state index contributed by atoms with van der Waals surface area (Å²) in [5, 5.41) is 1.09. The van der Waals surface area contributed by atoms with E-state index in [1.54, 1.807) is 11.3 Å². The molecule has 0 fully saturated rings. The normalized spacial score (nSPS) is 10.8. The van der Waals surface area contributed by atoms with Crippen LogP contribution in [0.5, 0.6) is 0 Å². The molecule has 1 nitrogen and oxygen atoms in total. The highest BCUT2D eigenvalue weighted by Crippen LogP contribution is 2.31. The molecule has 1 aromatic heterocycles. The van der Waals surface area contributed by atoms with Crippen molar-refractivity contribution in [1.82, 2.24) is 4.98 Å². The van der Waals surface area contributed by atoms with E-state index >= 15 is 0 Å². The van der Waals surface area contributed by atoms with Gasteiger partial charge in [-0.2, -0.15) is 0 Å². The third-order valence-electron chi connectivity index (χ3n) is 3.28. The Kier molecular flexibility index (Phi) is 3.18. The van der Waals surface area contributed by atoms with E-state index in [9.17, 15) is 0 Å². The molecule has 2 heteroatoms. The van der Waals surface area contributed by atoms with Crippen LogP contribution in [0.15, 0.2) is 49.0 Å². The van der Waals surface area contributed by atoms with E-state index in [0.717, 1.165) is 16.9 Å². The minimum absolute atomic E-state index is 1.01. The summed E-state index contributed by atoms with van der Waals surface area (Å²) in [5.41, 5.74) is 4.82. The van der Waals surface area contributed by atoms with Crippen LogP contribution in [-0.4, -0.2) is 4.98 Å². The molecule has 3 aromatic rings. The smallest absolute Gasteiger partial charge is 0.124 e. The topological polar surface area (TPSA) is 12.9 Å². The number of nitrogens with zero attached hydrogens (tertiary/aromatic N) is 1. The van der Waals surface area contributed by atoms with Crippen molar-refractivity contribution in [2.75, 3.05) is 0 Å². The van der Waals surface area contributed by atoms with Crippen LogP contribution >= 0.6 is 11.3 Å². The van der Waals surface area contributed by atoms with Crippen LogP contribution in [0, 0.1) is 0 Å². The van der Waals surface area contributed by atoms with Gasteiger partial charge >= 0.3 is 0 Å². The summed E-state index contributed by atoms with van der Waals surface area (Å²) in [5.74, 6) is 0. The first-order valence-corrected chi connectivity index (χ1v) is 7.24. The maximum atomic E-state index is 4.71. The highest BCUT2D eigenvalue weighted by atomic mass is 32.1. The number of aryl methyl sites for hydroxylation is 1. The highest BCUT2D eigenvalue weighted by molar-refractivity contribution is 7.21. The first-order valence-electron chi connectivity index (χ1n) is 6.43. The van der Waals surface area contributed by atoms with Crippen molar-refractivity contribution in [3.8, 4) is 10.6 Å². The zero-order valence-corrected chi connectivity index (χ0v) is 11.7. The van der Waals surface area contributed by atoms with E-state index < -0.39 is 0 Å². The average molecular weight is 265 g/mol. The van der Waals surface area contributed by atoms with E-state index in [1.807, 2.05) is 12.1 Å². The van der Waals surface area contributed by atoms with Crippen molar-refractivity contribution in [1.29, 1.82) is 0 Å². The van der Waals surface area contributed by atoms with Crippen LogP contribution in [0.25, 0.3) is 26.9 Å². The van der Waals surface area contributed by atoms with Gasteiger partial charge in [-0.25, -0.2) is 4.98 Å². The van der Waals surface area contributed by atoms with Crippen LogP contribution in [0.4, 0.5) is 0 Å². The molecule has 0 N–H and O–H groups in total. The molecule has 0 bridgehead atoms. The van der Waals surface area contributed by atoms with E-state index in [4.69, 9.17) is 4.98 Å². The number of hydrogen-bond donors (Lipinski definition) is 0. The van der Waals surface area contributed by atoms with Crippen molar-refractivity contribution in [3.63, 3.8) is 0 Å². The van der Waals surface area contributed by atoms with E-state index in [1.165, 1.54) is 21.4 Å². The van der Waals surface area contributed by atoms with Gasteiger partial charge in [-0.05, 0) is 35.7 Å². The highest BCUT2D eigenvalue weighted by Gasteiger charge is 2.07. The predicted octanol–water partition coefficient (Wildman–Crippen LogP) is 5.17. The van der Waals surface area contributed by atoms with Crippen molar-refractivity contribution < 1.29 is 0 Å². The fourth-order valence-corrected chi connectivity index (χ4v) is 3.20. The number of thiazole rings is 1. The molecule has 0 aliphatic heterocycles. The number of para-hydroxylation sites is 1. The van der Waals surface area contributed by atoms with E-state index in [0.29, 0.717) is 0 Å². The first-order chi connectivity index (χ1) is 9.31. The number of rotatable bonds is 3. The minimum Gasteiger partial charge on any atom is -0.236 e. The molecule has 0 aliphatic carbocycles. The van der Waals surface area contributed by atoms with Crippen molar-refractivity contribution in [3.05, 3.63) is 60.2 Å². The quantitative estimate of drug-likeness (QED) is 0.636. The third-order valence-corrected chi connectivity index (χ3v) is 4.37. The SMILES string of the molecule is C=Cc1ccc(-c2nc3ccccc3s2)cc1CC. The molecule has 0 unspecified atom stereocenters. The molecule has 0 aliphatic rings. The molecule has 3 rings (SSSR count). The van der Waals surface area contributed by atoms with Gasteiger partial charge in [0.2, 0.25) is 0 Å². The Balaban J connectivity index is 2.13. The maximum Gasteiger partial charge on any atom is 0.124 e. The number of hydrogen-bond acceptors (Lipinski definition) is 2. The van der Waals surface area contributed by atoms with Gasteiger partial charge in [0.1, 0.15) is 5.01 Å². The Bertz CT molecular complexity index is 707. The Morgan fingerprint density at radius 1 is 1.21 bits per heavy atom. The molecule has 19 heavy (non-hydrogen) atoms. The molecule has 0 saturated heterocycles. The lowest BCUT2D eigenvalue weighted by molar-refractivity contribution is 1.13. The van der Waals surface area contributed by atoms with Gasteiger partial charge < -0.3 is 0 Å². The zero-order valence-electron chi connectivity index (χ0n) is 10.9. The standard InChI is InChI=1S/C17H15NS/c1-3-12-9-10-14(11-13(12)4-2)17-18-15-7-5-6-8-16(15)19-17/h3,5-11H,1,4H2,2H3. The predicted molar refractivity (Wildman–Crippen MR) is 84.5 cm³/mol. The molecular formula is C17H15NS. The van der Waals surface area contributed by atoms with Crippen molar-refractivity contribution >= 4 is 27.6 Å². The van der Waals surface area contributed by atoms with Gasteiger partial charge in [0.15, 0.2) is 0 Å². The minimum atomic E-state index is 1.01. The fraction of sp³-hybridized carbons (Fsp3) is 0.118. The summed E-state index contributed by atoms with van der Waals surface area (Å²) in [6.07, 6.45) is 2.93. The summed E-state index contributed by atoms with van der Waals surface area (Å²) in [7, 11) is 0. The number of aromatic nitrogens is 1. The molecule has 94 valence electrons. The van der Waals surface area contributed by atoms with Crippen LogP contribution < -0.4 is 0 Å². The zero-order chi connectivity index (χ0) is 13.2. The Labute approximate surface area is 117 Å². The second-order valence-electron chi connectivity index (χ2n) is 4.46. The number of fused-ring (bicyclic) bond motifs is 1. The molecule has 1 heterocycles. The van der Waals surface area contributed by atoms with Gasteiger partial charge in [0.05, 0.1) is 10.2 Å². The monoisotopic (exact) mass is 265 g/mol. The maximum absolute atomic E-state index is 4.71. The summed E-state index contributed by atoms with van der Waals surface area (Å²) in [6.45, 7) is 6.03. The van der Waals surface area contributed by atoms with Gasteiger partial charge in [-0.3, -0.25) is 0 Å².